The molecule has 1 amide bonds. The van der Waals surface area contributed by atoms with Crippen LogP contribution in [0.15, 0.2) is 90.3 Å². The van der Waals surface area contributed by atoms with Crippen LogP contribution in [-0.2, 0) is 23.1 Å². The molecule has 1 heterocycles. The molecule has 0 fully saturated rings. The average molecular weight is 462 g/mol. The third-order valence-corrected chi connectivity index (χ3v) is 6.54. The summed E-state index contributed by atoms with van der Waals surface area (Å²) in [6.45, 7) is 2.25. The number of hydrogen-bond acceptors (Lipinski definition) is 5. The number of sulfonamides is 1. The second-order valence-corrected chi connectivity index (χ2v) is 9.24. The predicted molar refractivity (Wildman–Crippen MR) is 124 cm³/mol. The maximum absolute atomic E-state index is 12.8. The van der Waals surface area contributed by atoms with Gasteiger partial charge in [0.05, 0.1) is 10.6 Å². The molecule has 0 atom stereocenters. The molecule has 8 nitrogen and oxygen atoms in total. The highest BCUT2D eigenvalue weighted by molar-refractivity contribution is 7.89. The van der Waals surface area contributed by atoms with E-state index in [0.29, 0.717) is 17.7 Å². The number of nitrogens with one attached hydrogen (secondary N) is 2. The number of nitrogens with zero attached hydrogens (tertiary/aromatic N) is 3. The standard InChI is InChI=1S/C24H23N5O3S/c1-18-7-12-22(33(31,32)28-15-19-5-3-2-4-6-19)13-23(18)24(30)26-14-20-8-10-21(11-9-20)29-17-25-16-27-29/h2-13,16-17,28H,14-15H2,1H3,(H,26,30). The second kappa shape index (κ2) is 9.76. The lowest BCUT2D eigenvalue weighted by molar-refractivity contribution is 0.0950. The molecule has 0 aliphatic rings. The van der Waals surface area contributed by atoms with Crippen LogP contribution in [0.2, 0.25) is 0 Å². The highest BCUT2D eigenvalue weighted by atomic mass is 32.2. The van der Waals surface area contributed by atoms with E-state index in [-0.39, 0.29) is 17.3 Å². The van der Waals surface area contributed by atoms with Crippen molar-refractivity contribution in [3.8, 4) is 5.69 Å². The van der Waals surface area contributed by atoms with Crippen molar-refractivity contribution in [3.63, 3.8) is 0 Å². The molecule has 0 spiro atoms. The molecule has 2 N–H and O–H groups in total. The first-order chi connectivity index (χ1) is 15.9. The Morgan fingerprint density at radius 3 is 2.36 bits per heavy atom. The van der Waals surface area contributed by atoms with Crippen molar-refractivity contribution in [1.29, 1.82) is 0 Å². The number of carbonyl (C=O) groups is 1. The number of rotatable bonds is 8. The first kappa shape index (κ1) is 22.4. The average Bonchev–Trinajstić information content (AvgIpc) is 3.37. The summed E-state index contributed by atoms with van der Waals surface area (Å²) in [6, 6.07) is 21.3. The minimum absolute atomic E-state index is 0.0476. The van der Waals surface area contributed by atoms with E-state index in [4.69, 9.17) is 0 Å². The number of aromatic nitrogens is 3. The molecule has 1 aromatic heterocycles. The Morgan fingerprint density at radius 2 is 1.67 bits per heavy atom. The van der Waals surface area contributed by atoms with Crippen LogP contribution in [0, 0.1) is 6.92 Å². The van der Waals surface area contributed by atoms with E-state index in [1.165, 1.54) is 18.5 Å². The second-order valence-electron chi connectivity index (χ2n) is 7.48. The zero-order valence-corrected chi connectivity index (χ0v) is 18.8. The van der Waals surface area contributed by atoms with Gasteiger partial charge in [0.25, 0.3) is 5.91 Å². The van der Waals surface area contributed by atoms with E-state index in [0.717, 1.165) is 16.8 Å². The van der Waals surface area contributed by atoms with Crippen molar-refractivity contribution >= 4 is 15.9 Å². The Hall–Kier alpha value is -3.82. The molecule has 9 heteroatoms. The number of hydrogen-bond donors (Lipinski definition) is 2. The summed E-state index contributed by atoms with van der Waals surface area (Å²) in [4.78, 5) is 16.8. The van der Waals surface area contributed by atoms with Gasteiger partial charge in [0, 0.05) is 18.7 Å². The van der Waals surface area contributed by atoms with Gasteiger partial charge in [-0.2, -0.15) is 5.10 Å². The zero-order valence-electron chi connectivity index (χ0n) is 18.0. The lowest BCUT2D eigenvalue weighted by atomic mass is 10.1. The predicted octanol–water partition coefficient (Wildman–Crippen LogP) is 2.98. The fourth-order valence-corrected chi connectivity index (χ4v) is 4.30. The third kappa shape index (κ3) is 5.51. The van der Waals surface area contributed by atoms with E-state index < -0.39 is 10.0 Å². The molecular formula is C24H23N5O3S. The van der Waals surface area contributed by atoms with Gasteiger partial charge in [0.2, 0.25) is 10.0 Å². The summed E-state index contributed by atoms with van der Waals surface area (Å²) in [7, 11) is -3.77. The van der Waals surface area contributed by atoms with Gasteiger partial charge in [0.1, 0.15) is 12.7 Å². The molecule has 0 unspecified atom stereocenters. The Balaban J connectivity index is 1.43. The summed E-state index contributed by atoms with van der Waals surface area (Å²) in [5.41, 5.74) is 3.62. The normalized spacial score (nSPS) is 11.3. The van der Waals surface area contributed by atoms with Gasteiger partial charge in [-0.1, -0.05) is 48.5 Å². The maximum Gasteiger partial charge on any atom is 0.251 e. The minimum atomic E-state index is -3.77. The van der Waals surface area contributed by atoms with E-state index in [1.807, 2.05) is 54.6 Å². The first-order valence-electron chi connectivity index (χ1n) is 10.3. The molecule has 4 rings (SSSR count). The van der Waals surface area contributed by atoms with Crippen LogP contribution in [0.3, 0.4) is 0 Å². The SMILES string of the molecule is Cc1ccc(S(=O)(=O)NCc2ccccc2)cc1C(=O)NCc1ccc(-n2cncn2)cc1. The fraction of sp³-hybridized carbons (Fsp3) is 0.125. The largest absolute Gasteiger partial charge is 0.348 e. The summed E-state index contributed by atoms with van der Waals surface area (Å²) < 4.78 is 29.7. The molecule has 0 radical (unpaired) electrons. The molecule has 33 heavy (non-hydrogen) atoms. The molecule has 3 aromatic carbocycles. The number of benzene rings is 3. The smallest absolute Gasteiger partial charge is 0.251 e. The monoisotopic (exact) mass is 461 g/mol. The van der Waals surface area contributed by atoms with E-state index in [2.05, 4.69) is 20.1 Å². The van der Waals surface area contributed by atoms with Gasteiger partial charge in [-0.3, -0.25) is 4.79 Å². The summed E-state index contributed by atoms with van der Waals surface area (Å²) in [5, 5.41) is 6.94. The van der Waals surface area contributed by atoms with Crippen LogP contribution in [0.5, 0.6) is 0 Å². The van der Waals surface area contributed by atoms with Crippen molar-refractivity contribution < 1.29 is 13.2 Å². The Labute approximate surface area is 192 Å². The lowest BCUT2D eigenvalue weighted by Crippen LogP contribution is -2.26. The number of amides is 1. The highest BCUT2D eigenvalue weighted by Gasteiger charge is 2.18. The minimum Gasteiger partial charge on any atom is -0.348 e. The molecule has 0 saturated heterocycles. The van der Waals surface area contributed by atoms with Crippen molar-refractivity contribution in [2.75, 3.05) is 0 Å². The van der Waals surface area contributed by atoms with Crippen LogP contribution in [0.1, 0.15) is 27.0 Å². The summed E-state index contributed by atoms with van der Waals surface area (Å²) >= 11 is 0. The van der Waals surface area contributed by atoms with Crippen molar-refractivity contribution in [3.05, 3.63) is 108 Å². The number of aryl methyl sites for hydroxylation is 1. The van der Waals surface area contributed by atoms with Crippen LogP contribution < -0.4 is 10.0 Å². The van der Waals surface area contributed by atoms with E-state index in [1.54, 1.807) is 24.0 Å². The maximum atomic E-state index is 12.8. The van der Waals surface area contributed by atoms with Gasteiger partial charge in [0.15, 0.2) is 0 Å². The van der Waals surface area contributed by atoms with E-state index in [9.17, 15) is 13.2 Å². The van der Waals surface area contributed by atoms with Gasteiger partial charge in [-0.05, 0) is 47.9 Å². The van der Waals surface area contributed by atoms with Crippen LogP contribution in [0.25, 0.3) is 5.69 Å². The summed E-state index contributed by atoms with van der Waals surface area (Å²) in [5.74, 6) is -0.340. The first-order valence-corrected chi connectivity index (χ1v) is 11.8. The Bertz CT molecular complexity index is 1340. The van der Waals surface area contributed by atoms with Gasteiger partial charge < -0.3 is 5.32 Å². The molecule has 168 valence electrons. The van der Waals surface area contributed by atoms with E-state index >= 15 is 0 Å². The lowest BCUT2D eigenvalue weighted by Gasteiger charge is -2.12. The molecule has 0 aliphatic heterocycles. The van der Waals surface area contributed by atoms with Crippen LogP contribution in [-0.4, -0.2) is 29.1 Å². The molecule has 0 aliphatic carbocycles. The fourth-order valence-electron chi connectivity index (χ4n) is 3.26. The Kier molecular flexibility index (Phi) is 6.62. The van der Waals surface area contributed by atoms with Crippen molar-refractivity contribution in [1.82, 2.24) is 24.8 Å². The molecule has 0 saturated carbocycles. The quantitative estimate of drug-likeness (QED) is 0.420. The third-order valence-electron chi connectivity index (χ3n) is 5.15. The van der Waals surface area contributed by atoms with Crippen LogP contribution >= 0.6 is 0 Å². The number of carbonyl (C=O) groups excluding carboxylic acids is 1. The topological polar surface area (TPSA) is 106 Å². The van der Waals surface area contributed by atoms with Crippen molar-refractivity contribution in [2.45, 2.75) is 24.9 Å². The summed E-state index contributed by atoms with van der Waals surface area (Å²) in [6.07, 6.45) is 3.07. The Morgan fingerprint density at radius 1 is 0.939 bits per heavy atom. The van der Waals surface area contributed by atoms with Gasteiger partial charge in [-0.15, -0.1) is 0 Å². The highest BCUT2D eigenvalue weighted by Crippen LogP contribution is 2.17. The zero-order chi connectivity index (χ0) is 23.3. The molecule has 0 bridgehead atoms. The van der Waals surface area contributed by atoms with Gasteiger partial charge in [-0.25, -0.2) is 22.8 Å². The van der Waals surface area contributed by atoms with Crippen LogP contribution in [0.4, 0.5) is 0 Å². The molecule has 4 aromatic rings. The van der Waals surface area contributed by atoms with Gasteiger partial charge >= 0.3 is 0 Å². The molecular weight excluding hydrogens is 438 g/mol. The van der Waals surface area contributed by atoms with Crippen molar-refractivity contribution in [2.24, 2.45) is 0 Å².